The molecule has 31 heavy (non-hydrogen) atoms. The van der Waals surface area contributed by atoms with Crippen LogP contribution in [0.5, 0.6) is 5.75 Å². The number of rotatable bonds is 11. The van der Waals surface area contributed by atoms with Crippen molar-refractivity contribution < 1.29 is 14.2 Å². The number of ether oxygens (including phenoxy) is 3. The topological polar surface area (TPSA) is 94.8 Å². The Morgan fingerprint density at radius 3 is 2.77 bits per heavy atom. The minimum atomic E-state index is 0.270. The van der Waals surface area contributed by atoms with Crippen LogP contribution >= 0.6 is 0 Å². The number of nitrogens with zero attached hydrogens (tertiary/aromatic N) is 4. The molecule has 2 N–H and O–H groups in total. The highest BCUT2D eigenvalue weighted by molar-refractivity contribution is 5.79. The van der Waals surface area contributed by atoms with E-state index in [4.69, 9.17) is 19.2 Å². The Kier molecular flexibility index (Phi) is 9.11. The fraction of sp³-hybridized carbons (Fsp3) is 0.591. The number of hydrogen-bond acceptors (Lipinski definition) is 6. The van der Waals surface area contributed by atoms with E-state index in [1.54, 1.807) is 7.11 Å². The lowest BCUT2D eigenvalue weighted by atomic mass is 10.2. The van der Waals surface area contributed by atoms with Crippen LogP contribution in [-0.2, 0) is 29.6 Å². The van der Waals surface area contributed by atoms with Crippen molar-refractivity contribution in [1.82, 2.24) is 25.4 Å². The fourth-order valence-corrected chi connectivity index (χ4v) is 3.21. The smallest absolute Gasteiger partial charge is 0.191 e. The molecular formula is C22H34N6O3. The fourth-order valence-electron chi connectivity index (χ4n) is 3.21. The predicted octanol–water partition coefficient (Wildman–Crippen LogP) is 1.95. The molecule has 1 aliphatic rings. The maximum atomic E-state index is 5.74. The van der Waals surface area contributed by atoms with Gasteiger partial charge in [0, 0.05) is 26.8 Å². The van der Waals surface area contributed by atoms with Crippen molar-refractivity contribution in [1.29, 1.82) is 0 Å². The largest absolute Gasteiger partial charge is 0.497 e. The van der Waals surface area contributed by atoms with Gasteiger partial charge < -0.3 is 29.4 Å². The van der Waals surface area contributed by atoms with Crippen LogP contribution in [0.4, 0.5) is 0 Å². The lowest BCUT2D eigenvalue weighted by molar-refractivity contribution is 0.0168. The first-order chi connectivity index (χ1) is 15.2. The van der Waals surface area contributed by atoms with E-state index in [1.807, 2.05) is 42.8 Å². The van der Waals surface area contributed by atoms with Crippen LogP contribution in [0.2, 0.25) is 0 Å². The number of nitrogens with one attached hydrogen (secondary N) is 2. The third kappa shape index (κ3) is 7.52. The number of aliphatic imine (C=N–C) groups is 1. The Balaban J connectivity index is 1.48. The predicted molar refractivity (Wildman–Crippen MR) is 119 cm³/mol. The highest BCUT2D eigenvalue weighted by Crippen LogP contribution is 2.12. The second-order valence-corrected chi connectivity index (χ2v) is 7.58. The van der Waals surface area contributed by atoms with Gasteiger partial charge in [0.15, 0.2) is 11.8 Å². The van der Waals surface area contributed by atoms with Gasteiger partial charge in [0.1, 0.15) is 11.6 Å². The molecule has 0 radical (unpaired) electrons. The van der Waals surface area contributed by atoms with Gasteiger partial charge in [0.05, 0.1) is 32.9 Å². The first kappa shape index (κ1) is 23.0. The van der Waals surface area contributed by atoms with Crippen LogP contribution in [0.3, 0.4) is 0 Å². The average molecular weight is 431 g/mol. The molecule has 1 aliphatic heterocycles. The van der Waals surface area contributed by atoms with E-state index >= 15 is 0 Å². The molecule has 9 heteroatoms. The molecule has 170 valence electrons. The van der Waals surface area contributed by atoms with Gasteiger partial charge in [-0.15, -0.1) is 10.2 Å². The average Bonchev–Trinajstić information content (AvgIpc) is 3.42. The van der Waals surface area contributed by atoms with Gasteiger partial charge in [-0.25, -0.2) is 4.99 Å². The molecule has 9 nitrogen and oxygen atoms in total. The zero-order valence-electron chi connectivity index (χ0n) is 18.8. The molecule has 1 unspecified atom stereocenters. The Morgan fingerprint density at radius 1 is 1.26 bits per heavy atom. The Bertz CT molecular complexity index is 815. The molecule has 0 amide bonds. The highest BCUT2D eigenvalue weighted by atomic mass is 16.5. The maximum Gasteiger partial charge on any atom is 0.191 e. The lowest BCUT2D eigenvalue weighted by Gasteiger charge is -2.13. The number of hydrogen-bond donors (Lipinski definition) is 2. The van der Waals surface area contributed by atoms with Crippen LogP contribution in [0.1, 0.15) is 36.5 Å². The number of aryl methyl sites for hydroxylation is 1. The van der Waals surface area contributed by atoms with Gasteiger partial charge in [0.25, 0.3) is 0 Å². The zero-order valence-corrected chi connectivity index (χ0v) is 18.8. The molecule has 3 rings (SSSR count). The molecule has 0 saturated carbocycles. The standard InChI is InChI=1S/C22H34N6O3/c1-17-26-27-21(28(17)2)15-25-22(24-14-18-7-9-19(29-3)10-8-18)23-11-5-12-30-16-20-6-4-13-31-20/h7-10,20H,4-6,11-16H2,1-3H3,(H2,23,24,25). The van der Waals surface area contributed by atoms with Crippen molar-refractivity contribution in [3.8, 4) is 5.75 Å². The summed E-state index contributed by atoms with van der Waals surface area (Å²) < 4.78 is 18.5. The Morgan fingerprint density at radius 2 is 2.10 bits per heavy atom. The van der Waals surface area contributed by atoms with Gasteiger partial charge in [-0.3, -0.25) is 0 Å². The molecule has 2 heterocycles. The molecule has 1 aromatic carbocycles. The summed E-state index contributed by atoms with van der Waals surface area (Å²) in [7, 11) is 3.62. The summed E-state index contributed by atoms with van der Waals surface area (Å²) in [5.74, 6) is 3.31. The maximum absolute atomic E-state index is 5.74. The molecule has 1 fully saturated rings. The van der Waals surface area contributed by atoms with E-state index < -0.39 is 0 Å². The van der Waals surface area contributed by atoms with Gasteiger partial charge in [-0.1, -0.05) is 12.1 Å². The van der Waals surface area contributed by atoms with E-state index in [0.717, 1.165) is 61.3 Å². The summed E-state index contributed by atoms with van der Waals surface area (Å²) in [5.41, 5.74) is 1.11. The van der Waals surface area contributed by atoms with Crippen molar-refractivity contribution in [2.75, 3.05) is 33.5 Å². The van der Waals surface area contributed by atoms with Gasteiger partial charge >= 0.3 is 0 Å². The lowest BCUT2D eigenvalue weighted by Crippen LogP contribution is -2.38. The molecule has 1 aromatic heterocycles. The van der Waals surface area contributed by atoms with E-state index in [0.29, 0.717) is 26.3 Å². The Hall–Kier alpha value is -2.65. The van der Waals surface area contributed by atoms with Crippen molar-refractivity contribution in [3.63, 3.8) is 0 Å². The summed E-state index contributed by atoms with van der Waals surface area (Å²) in [4.78, 5) is 4.72. The van der Waals surface area contributed by atoms with Crippen molar-refractivity contribution in [3.05, 3.63) is 41.5 Å². The van der Waals surface area contributed by atoms with Crippen LogP contribution in [-0.4, -0.2) is 60.3 Å². The summed E-state index contributed by atoms with van der Waals surface area (Å²) >= 11 is 0. The quantitative estimate of drug-likeness (QED) is 0.320. The summed E-state index contributed by atoms with van der Waals surface area (Å²) in [5, 5.41) is 15.0. The number of aromatic nitrogens is 3. The van der Waals surface area contributed by atoms with Crippen LogP contribution in [0.15, 0.2) is 29.3 Å². The van der Waals surface area contributed by atoms with E-state index in [2.05, 4.69) is 20.8 Å². The minimum Gasteiger partial charge on any atom is -0.497 e. The second kappa shape index (κ2) is 12.3. The van der Waals surface area contributed by atoms with Crippen molar-refractivity contribution in [2.24, 2.45) is 12.0 Å². The van der Waals surface area contributed by atoms with Gasteiger partial charge in [0.2, 0.25) is 0 Å². The summed E-state index contributed by atoms with van der Waals surface area (Å²) in [6.07, 6.45) is 3.40. The van der Waals surface area contributed by atoms with Crippen molar-refractivity contribution >= 4 is 5.96 Å². The first-order valence-electron chi connectivity index (χ1n) is 10.8. The molecule has 2 aromatic rings. The molecule has 1 saturated heterocycles. The molecule has 1 atom stereocenters. The van der Waals surface area contributed by atoms with Crippen LogP contribution in [0.25, 0.3) is 0 Å². The normalized spacial score (nSPS) is 16.5. The summed E-state index contributed by atoms with van der Waals surface area (Å²) in [6, 6.07) is 7.92. The van der Waals surface area contributed by atoms with Crippen molar-refractivity contribution in [2.45, 2.75) is 45.4 Å². The van der Waals surface area contributed by atoms with E-state index in [9.17, 15) is 0 Å². The SMILES string of the molecule is COc1ccc(CN=C(NCCCOCC2CCCO2)NCc2nnc(C)n2C)cc1. The molecule has 0 spiro atoms. The molecular weight excluding hydrogens is 396 g/mol. The third-order valence-electron chi connectivity index (χ3n) is 5.26. The second-order valence-electron chi connectivity index (χ2n) is 7.58. The number of guanidine groups is 1. The third-order valence-corrected chi connectivity index (χ3v) is 5.26. The summed E-state index contributed by atoms with van der Waals surface area (Å²) in [6.45, 7) is 6.04. The van der Waals surface area contributed by atoms with Gasteiger partial charge in [-0.2, -0.15) is 0 Å². The first-order valence-corrected chi connectivity index (χ1v) is 10.8. The molecule has 0 aliphatic carbocycles. The van der Waals surface area contributed by atoms with Crippen LogP contribution < -0.4 is 15.4 Å². The number of benzene rings is 1. The molecule has 0 bridgehead atoms. The zero-order chi connectivity index (χ0) is 21.9. The number of methoxy groups -OCH3 is 1. The van der Waals surface area contributed by atoms with E-state index in [-0.39, 0.29) is 6.10 Å². The van der Waals surface area contributed by atoms with Gasteiger partial charge in [-0.05, 0) is 43.9 Å². The Labute approximate surface area is 184 Å². The monoisotopic (exact) mass is 430 g/mol. The minimum absolute atomic E-state index is 0.270. The highest BCUT2D eigenvalue weighted by Gasteiger charge is 2.15. The van der Waals surface area contributed by atoms with Crippen LogP contribution in [0, 0.1) is 6.92 Å². The van der Waals surface area contributed by atoms with E-state index in [1.165, 1.54) is 0 Å².